The zero-order chi connectivity index (χ0) is 11.6. The molecule has 1 fully saturated rings. The molecule has 0 spiro atoms. The van der Waals surface area contributed by atoms with Crippen molar-refractivity contribution in [3.05, 3.63) is 0 Å². The van der Waals surface area contributed by atoms with Crippen LogP contribution >= 0.6 is 0 Å². The Balaban J connectivity index is 2.22. The molecular weight excluding hydrogens is 194 g/mol. The fraction of sp³-hybridized carbons (Fsp3) is 1.00. The summed E-state index contributed by atoms with van der Waals surface area (Å²) in [7, 11) is 0. The van der Waals surface area contributed by atoms with Crippen molar-refractivity contribution >= 4 is 0 Å². The minimum absolute atomic E-state index is 0.898. The van der Waals surface area contributed by atoms with Crippen molar-refractivity contribution in [2.24, 2.45) is 17.6 Å². The van der Waals surface area contributed by atoms with E-state index in [0.29, 0.717) is 0 Å². The van der Waals surface area contributed by atoms with E-state index < -0.39 is 0 Å². The Hall–Kier alpha value is -0.0400. The molecule has 0 aromatic heterocycles. The van der Waals surface area contributed by atoms with Gasteiger partial charge in [-0.2, -0.15) is 0 Å². The molecule has 1 heteroatoms. The van der Waals surface area contributed by atoms with E-state index in [1.807, 2.05) is 0 Å². The van der Waals surface area contributed by atoms with Gasteiger partial charge in [0.25, 0.3) is 0 Å². The molecule has 1 saturated carbocycles. The minimum Gasteiger partial charge on any atom is -0.330 e. The Morgan fingerprint density at radius 1 is 1.00 bits per heavy atom. The average molecular weight is 225 g/mol. The molecule has 0 amide bonds. The maximum Gasteiger partial charge on any atom is -0.00745 e. The summed E-state index contributed by atoms with van der Waals surface area (Å²) in [6.45, 7) is 3.19. The molecule has 1 nitrogen and oxygen atoms in total. The smallest absolute Gasteiger partial charge is 0.00745 e. The van der Waals surface area contributed by atoms with Gasteiger partial charge in [-0.05, 0) is 24.8 Å². The van der Waals surface area contributed by atoms with E-state index in [9.17, 15) is 0 Å². The molecule has 0 aromatic carbocycles. The zero-order valence-corrected chi connectivity index (χ0v) is 11.2. The number of hydrogen-bond acceptors (Lipinski definition) is 1. The van der Waals surface area contributed by atoms with Gasteiger partial charge in [0.15, 0.2) is 0 Å². The van der Waals surface area contributed by atoms with Crippen molar-refractivity contribution in [1.29, 1.82) is 0 Å². The first kappa shape index (κ1) is 14.0. The number of rotatable bonds is 8. The molecule has 1 unspecified atom stereocenters. The Bertz CT molecular complexity index is 150. The SMILES string of the molecule is CCCCCCC(CCN)C1CCCCC1. The van der Waals surface area contributed by atoms with Crippen LogP contribution < -0.4 is 5.73 Å². The molecule has 0 bridgehead atoms. The van der Waals surface area contributed by atoms with Crippen LogP contribution in [-0.4, -0.2) is 6.54 Å². The van der Waals surface area contributed by atoms with Crippen LogP contribution in [0.15, 0.2) is 0 Å². The summed E-state index contributed by atoms with van der Waals surface area (Å²) in [6, 6.07) is 0. The lowest BCUT2D eigenvalue weighted by Gasteiger charge is -2.30. The highest BCUT2D eigenvalue weighted by molar-refractivity contribution is 4.74. The van der Waals surface area contributed by atoms with Crippen molar-refractivity contribution < 1.29 is 0 Å². The predicted octanol–water partition coefficient (Wildman–Crippen LogP) is 4.50. The third kappa shape index (κ3) is 5.34. The molecule has 1 rings (SSSR count). The molecule has 1 aliphatic carbocycles. The van der Waals surface area contributed by atoms with Gasteiger partial charge >= 0.3 is 0 Å². The topological polar surface area (TPSA) is 26.0 Å². The van der Waals surface area contributed by atoms with E-state index in [1.54, 1.807) is 0 Å². The summed E-state index contributed by atoms with van der Waals surface area (Å²) in [4.78, 5) is 0. The first-order chi connectivity index (χ1) is 7.88. The van der Waals surface area contributed by atoms with E-state index in [4.69, 9.17) is 5.73 Å². The second-order valence-corrected chi connectivity index (χ2v) is 5.58. The maximum absolute atomic E-state index is 5.77. The highest BCUT2D eigenvalue weighted by atomic mass is 14.5. The number of nitrogens with two attached hydrogens (primary N) is 1. The standard InChI is InChI=1S/C15H31N/c1-2-3-4-6-11-15(12-13-16)14-9-7-5-8-10-14/h14-15H,2-13,16H2,1H3. The van der Waals surface area contributed by atoms with Crippen LogP contribution in [0.3, 0.4) is 0 Å². The molecule has 0 heterocycles. The van der Waals surface area contributed by atoms with Gasteiger partial charge in [0.05, 0.1) is 0 Å². The summed E-state index contributed by atoms with van der Waals surface area (Å²) in [5.41, 5.74) is 5.77. The Morgan fingerprint density at radius 3 is 2.38 bits per heavy atom. The van der Waals surface area contributed by atoms with Gasteiger partial charge in [-0.3, -0.25) is 0 Å². The normalized spacial score (nSPS) is 19.9. The van der Waals surface area contributed by atoms with Crippen molar-refractivity contribution in [2.45, 2.75) is 77.6 Å². The molecule has 1 atom stereocenters. The maximum atomic E-state index is 5.77. The lowest BCUT2D eigenvalue weighted by molar-refractivity contribution is 0.222. The third-order valence-electron chi connectivity index (χ3n) is 4.28. The lowest BCUT2D eigenvalue weighted by atomic mass is 9.76. The monoisotopic (exact) mass is 225 g/mol. The van der Waals surface area contributed by atoms with Gasteiger partial charge in [0.1, 0.15) is 0 Å². The third-order valence-corrected chi connectivity index (χ3v) is 4.28. The fourth-order valence-electron chi connectivity index (χ4n) is 3.27. The number of hydrogen-bond donors (Lipinski definition) is 1. The van der Waals surface area contributed by atoms with Gasteiger partial charge in [0, 0.05) is 0 Å². The zero-order valence-electron chi connectivity index (χ0n) is 11.2. The van der Waals surface area contributed by atoms with Crippen molar-refractivity contribution in [2.75, 3.05) is 6.54 Å². The minimum atomic E-state index is 0.898. The Labute approximate surface area is 102 Å². The molecule has 0 aliphatic heterocycles. The van der Waals surface area contributed by atoms with E-state index in [-0.39, 0.29) is 0 Å². The van der Waals surface area contributed by atoms with Crippen LogP contribution in [-0.2, 0) is 0 Å². The quantitative estimate of drug-likeness (QED) is 0.605. The Kier molecular flexibility index (Phi) is 7.92. The van der Waals surface area contributed by atoms with Gasteiger partial charge in [0.2, 0.25) is 0 Å². The second-order valence-electron chi connectivity index (χ2n) is 5.58. The van der Waals surface area contributed by atoms with E-state index in [1.165, 1.54) is 70.6 Å². The second kappa shape index (κ2) is 9.04. The summed E-state index contributed by atoms with van der Waals surface area (Å²) >= 11 is 0. The number of unbranched alkanes of at least 4 members (excludes halogenated alkanes) is 3. The van der Waals surface area contributed by atoms with Crippen LogP contribution in [0.25, 0.3) is 0 Å². The van der Waals surface area contributed by atoms with Crippen LogP contribution in [0.4, 0.5) is 0 Å². The summed E-state index contributed by atoms with van der Waals surface area (Å²) in [5.74, 6) is 1.96. The molecule has 0 aromatic rings. The molecule has 96 valence electrons. The molecule has 0 saturated heterocycles. The van der Waals surface area contributed by atoms with Crippen molar-refractivity contribution in [3.8, 4) is 0 Å². The van der Waals surface area contributed by atoms with E-state index in [2.05, 4.69) is 6.92 Å². The first-order valence-corrected chi connectivity index (χ1v) is 7.58. The summed E-state index contributed by atoms with van der Waals surface area (Å²) in [6.07, 6.45) is 15.8. The van der Waals surface area contributed by atoms with E-state index >= 15 is 0 Å². The average Bonchev–Trinajstić information content (AvgIpc) is 2.34. The first-order valence-electron chi connectivity index (χ1n) is 7.58. The van der Waals surface area contributed by atoms with Gasteiger partial charge in [-0.25, -0.2) is 0 Å². The van der Waals surface area contributed by atoms with E-state index in [0.717, 1.165) is 18.4 Å². The summed E-state index contributed by atoms with van der Waals surface area (Å²) < 4.78 is 0. The van der Waals surface area contributed by atoms with Gasteiger partial charge in [-0.15, -0.1) is 0 Å². The van der Waals surface area contributed by atoms with Crippen LogP contribution in [0.2, 0.25) is 0 Å². The molecule has 0 radical (unpaired) electrons. The summed E-state index contributed by atoms with van der Waals surface area (Å²) in [5, 5.41) is 0. The molecular formula is C15H31N. The van der Waals surface area contributed by atoms with Gasteiger partial charge in [-0.1, -0.05) is 71.1 Å². The lowest BCUT2D eigenvalue weighted by Crippen LogP contribution is -2.21. The molecule has 2 N–H and O–H groups in total. The highest BCUT2D eigenvalue weighted by Crippen LogP contribution is 2.34. The highest BCUT2D eigenvalue weighted by Gasteiger charge is 2.22. The fourth-order valence-corrected chi connectivity index (χ4v) is 3.27. The Morgan fingerprint density at radius 2 is 1.75 bits per heavy atom. The predicted molar refractivity (Wildman–Crippen MR) is 72.5 cm³/mol. The van der Waals surface area contributed by atoms with Crippen LogP contribution in [0.1, 0.15) is 77.6 Å². The van der Waals surface area contributed by atoms with Crippen molar-refractivity contribution in [3.63, 3.8) is 0 Å². The molecule has 16 heavy (non-hydrogen) atoms. The van der Waals surface area contributed by atoms with Crippen molar-refractivity contribution in [1.82, 2.24) is 0 Å². The largest absolute Gasteiger partial charge is 0.330 e. The molecule has 1 aliphatic rings. The van der Waals surface area contributed by atoms with Crippen LogP contribution in [0, 0.1) is 11.8 Å². The van der Waals surface area contributed by atoms with Gasteiger partial charge < -0.3 is 5.73 Å². The van der Waals surface area contributed by atoms with Crippen LogP contribution in [0.5, 0.6) is 0 Å².